The summed E-state index contributed by atoms with van der Waals surface area (Å²) in [6, 6.07) is 26.9. The molecule has 0 spiro atoms. The molecule has 0 radical (unpaired) electrons. The normalized spacial score (nSPS) is 14.4. The highest BCUT2D eigenvalue weighted by Crippen LogP contribution is 2.51. The average molecular weight is 418 g/mol. The van der Waals surface area contributed by atoms with Crippen LogP contribution in [-0.2, 0) is 5.41 Å². The lowest BCUT2D eigenvalue weighted by Gasteiger charge is -2.42. The summed E-state index contributed by atoms with van der Waals surface area (Å²) in [6.45, 7) is 8.09. The molecular formula is C27H23N5. The highest BCUT2D eigenvalue weighted by atomic mass is 15.2. The highest BCUT2D eigenvalue weighted by Gasteiger charge is 2.36. The summed E-state index contributed by atoms with van der Waals surface area (Å²) < 4.78 is 0. The van der Waals surface area contributed by atoms with Gasteiger partial charge in [-0.3, -0.25) is 0 Å². The first-order chi connectivity index (χ1) is 15.5. The van der Waals surface area contributed by atoms with Gasteiger partial charge in [-0.25, -0.2) is 10.5 Å². The van der Waals surface area contributed by atoms with Crippen LogP contribution in [-0.4, -0.2) is 6.21 Å². The van der Waals surface area contributed by atoms with Crippen LogP contribution in [0.1, 0.15) is 30.5 Å². The van der Waals surface area contributed by atoms with E-state index in [9.17, 15) is 0 Å². The van der Waals surface area contributed by atoms with Crippen molar-refractivity contribution < 1.29 is 0 Å². The molecule has 3 aromatic rings. The number of nitrogens with one attached hydrogen (secondary N) is 1. The van der Waals surface area contributed by atoms with Crippen LogP contribution in [0.2, 0.25) is 0 Å². The number of nitriles is 1. The third kappa shape index (κ3) is 3.63. The fourth-order valence-electron chi connectivity index (χ4n) is 4.18. The third-order valence-corrected chi connectivity index (χ3v) is 5.79. The van der Waals surface area contributed by atoms with Crippen molar-refractivity contribution in [1.82, 2.24) is 0 Å². The van der Waals surface area contributed by atoms with Crippen LogP contribution in [0.3, 0.4) is 0 Å². The predicted molar refractivity (Wildman–Crippen MR) is 130 cm³/mol. The Morgan fingerprint density at radius 1 is 0.969 bits per heavy atom. The molecule has 0 bridgehead atoms. The van der Waals surface area contributed by atoms with Crippen molar-refractivity contribution in [1.29, 1.82) is 10.8 Å². The summed E-state index contributed by atoms with van der Waals surface area (Å²) in [4.78, 5) is 6.30. The van der Waals surface area contributed by atoms with Gasteiger partial charge >= 0.3 is 0 Å². The molecule has 0 saturated carbocycles. The van der Waals surface area contributed by atoms with E-state index >= 15 is 0 Å². The molecule has 0 aliphatic carbocycles. The topological polar surface area (TPSA) is 75.6 Å². The molecule has 156 valence electrons. The number of hydrogen-bond acceptors (Lipinski definition) is 5. The molecule has 0 unspecified atom stereocenters. The van der Waals surface area contributed by atoms with Crippen molar-refractivity contribution >= 4 is 28.8 Å². The van der Waals surface area contributed by atoms with Crippen LogP contribution in [0.5, 0.6) is 0 Å². The van der Waals surface area contributed by atoms with Gasteiger partial charge in [-0.1, -0.05) is 69.0 Å². The van der Waals surface area contributed by atoms with E-state index in [1.165, 1.54) is 23.5 Å². The van der Waals surface area contributed by atoms with Crippen LogP contribution in [0.4, 0.5) is 17.1 Å². The highest BCUT2D eigenvalue weighted by molar-refractivity contribution is 6.10. The number of para-hydroxylation sites is 2. The van der Waals surface area contributed by atoms with E-state index in [-0.39, 0.29) is 11.1 Å². The molecule has 1 N–H and O–H groups in total. The first-order valence-electron chi connectivity index (χ1n) is 10.3. The van der Waals surface area contributed by atoms with E-state index in [1.54, 1.807) is 0 Å². The predicted octanol–water partition coefficient (Wildman–Crippen LogP) is 7.28. The van der Waals surface area contributed by atoms with Crippen LogP contribution in [0.25, 0.3) is 5.57 Å². The Hall–Kier alpha value is -4.30. The average Bonchev–Trinajstić information content (AvgIpc) is 2.82. The molecule has 0 aromatic heterocycles. The largest absolute Gasteiger partial charge is 0.310 e. The Kier molecular flexibility index (Phi) is 5.53. The van der Waals surface area contributed by atoms with E-state index in [4.69, 9.17) is 10.8 Å². The van der Waals surface area contributed by atoms with E-state index < -0.39 is 0 Å². The molecule has 3 aromatic carbocycles. The molecular weight excluding hydrogens is 394 g/mol. The van der Waals surface area contributed by atoms with Crippen molar-refractivity contribution in [2.45, 2.75) is 19.3 Å². The standard InChI is InChI=1S/C27H23N5/c1-19(16-28)30-17-21(18-31-29)20-12-14-22(15-13-20)32-25-10-6-4-8-23(25)27(2,3)24-9-5-7-11-26(24)32/h4-15,17-18,29H,1H2,2-3H3/b21-18+,30-17-,31-29?. The van der Waals surface area contributed by atoms with Gasteiger partial charge in [0.25, 0.3) is 0 Å². The lowest BCUT2D eigenvalue weighted by atomic mass is 9.73. The molecule has 0 atom stereocenters. The number of aliphatic imine (C=N–C) groups is 1. The molecule has 1 heterocycles. The number of allylic oxidation sites excluding steroid dienone is 2. The fourth-order valence-corrected chi connectivity index (χ4v) is 4.18. The lowest BCUT2D eigenvalue weighted by Crippen LogP contribution is -2.30. The second-order valence-electron chi connectivity index (χ2n) is 8.07. The smallest absolute Gasteiger partial charge is 0.133 e. The Morgan fingerprint density at radius 3 is 2.06 bits per heavy atom. The van der Waals surface area contributed by atoms with Crippen molar-refractivity contribution in [2.75, 3.05) is 4.90 Å². The Balaban J connectivity index is 1.79. The first kappa shape index (κ1) is 21.0. The fraction of sp³-hybridized carbons (Fsp3) is 0.111. The molecule has 5 nitrogen and oxygen atoms in total. The summed E-state index contributed by atoms with van der Waals surface area (Å²) in [5.74, 6) is 0. The van der Waals surface area contributed by atoms with Crippen molar-refractivity contribution in [3.63, 3.8) is 0 Å². The number of benzene rings is 3. The van der Waals surface area contributed by atoms with E-state index in [0.717, 1.165) is 22.6 Å². The minimum atomic E-state index is -0.102. The minimum absolute atomic E-state index is 0.0987. The summed E-state index contributed by atoms with van der Waals surface area (Å²) in [5, 5.41) is 12.3. The maximum Gasteiger partial charge on any atom is 0.133 e. The number of fused-ring (bicyclic) bond motifs is 2. The van der Waals surface area contributed by atoms with Gasteiger partial charge in [0, 0.05) is 22.9 Å². The first-order valence-corrected chi connectivity index (χ1v) is 10.3. The maximum atomic E-state index is 8.88. The quantitative estimate of drug-likeness (QED) is 0.269. The van der Waals surface area contributed by atoms with Gasteiger partial charge in [0.2, 0.25) is 0 Å². The van der Waals surface area contributed by atoms with Gasteiger partial charge in [0.15, 0.2) is 0 Å². The van der Waals surface area contributed by atoms with E-state index in [1.807, 2.05) is 30.3 Å². The van der Waals surface area contributed by atoms with Gasteiger partial charge < -0.3 is 4.90 Å². The summed E-state index contributed by atoms with van der Waals surface area (Å²) in [6.07, 6.45) is 2.91. The van der Waals surface area contributed by atoms with Crippen molar-refractivity contribution in [3.8, 4) is 6.07 Å². The molecule has 0 fully saturated rings. The van der Waals surface area contributed by atoms with Gasteiger partial charge in [-0.2, -0.15) is 10.4 Å². The SMILES string of the molecule is C=C(C#N)/N=C\C(=C/N=N)c1ccc(N2c3ccccc3C(C)(C)c3ccccc32)cc1. The molecule has 1 aliphatic rings. The van der Waals surface area contributed by atoms with Crippen LogP contribution in [0, 0.1) is 16.9 Å². The second kappa shape index (κ2) is 8.44. The second-order valence-corrected chi connectivity index (χ2v) is 8.07. The Bertz CT molecular complexity index is 1240. The van der Waals surface area contributed by atoms with Crippen LogP contribution in [0.15, 0.2) is 101 Å². The van der Waals surface area contributed by atoms with Crippen molar-refractivity contribution in [2.24, 2.45) is 10.1 Å². The summed E-state index contributed by atoms with van der Waals surface area (Å²) in [5.41, 5.74) is 14.6. The zero-order chi connectivity index (χ0) is 22.7. The molecule has 0 saturated heterocycles. The molecule has 4 rings (SSSR count). The van der Waals surface area contributed by atoms with Crippen LogP contribution >= 0.6 is 0 Å². The lowest BCUT2D eigenvalue weighted by molar-refractivity contribution is 0.632. The van der Waals surface area contributed by atoms with Crippen molar-refractivity contribution in [3.05, 3.63) is 108 Å². The number of hydrogen-bond donors (Lipinski definition) is 1. The van der Waals surface area contributed by atoms with E-state index in [2.05, 4.69) is 84.0 Å². The van der Waals surface area contributed by atoms with Gasteiger partial charge in [-0.15, -0.1) is 0 Å². The Morgan fingerprint density at radius 2 is 1.53 bits per heavy atom. The monoisotopic (exact) mass is 417 g/mol. The van der Waals surface area contributed by atoms with Crippen LogP contribution < -0.4 is 4.90 Å². The zero-order valence-electron chi connectivity index (χ0n) is 18.1. The zero-order valence-corrected chi connectivity index (χ0v) is 18.1. The minimum Gasteiger partial charge on any atom is -0.310 e. The summed E-state index contributed by atoms with van der Waals surface area (Å²) in [7, 11) is 0. The molecule has 5 heteroatoms. The Labute approximate surface area is 188 Å². The van der Waals surface area contributed by atoms with Gasteiger partial charge in [-0.05, 0) is 41.0 Å². The van der Waals surface area contributed by atoms with Gasteiger partial charge in [0.05, 0.1) is 17.6 Å². The number of anilines is 3. The summed E-state index contributed by atoms with van der Waals surface area (Å²) >= 11 is 0. The molecule has 0 amide bonds. The third-order valence-electron chi connectivity index (χ3n) is 5.79. The number of nitrogens with zero attached hydrogens (tertiary/aromatic N) is 4. The molecule has 1 aliphatic heterocycles. The number of rotatable bonds is 5. The van der Waals surface area contributed by atoms with Gasteiger partial charge in [0.1, 0.15) is 11.8 Å². The molecule has 32 heavy (non-hydrogen) atoms. The maximum absolute atomic E-state index is 8.88. The van der Waals surface area contributed by atoms with E-state index in [0.29, 0.717) is 5.57 Å².